The first-order chi connectivity index (χ1) is 8.69. The number of aryl methyl sites for hydroxylation is 1. The van der Waals surface area contributed by atoms with E-state index in [0.717, 1.165) is 35.1 Å². The number of hydrogen-bond acceptors (Lipinski definition) is 2. The number of nitrogens with one attached hydrogen (secondary N) is 2. The second-order valence-electron chi connectivity index (χ2n) is 4.70. The van der Waals surface area contributed by atoms with Crippen LogP contribution in [0.5, 0.6) is 0 Å². The van der Waals surface area contributed by atoms with Crippen molar-refractivity contribution >= 4 is 39.9 Å². The molecule has 0 radical (unpaired) electrons. The lowest BCUT2D eigenvalue weighted by atomic mass is 10.1. The van der Waals surface area contributed by atoms with Crippen molar-refractivity contribution in [2.24, 2.45) is 0 Å². The van der Waals surface area contributed by atoms with Crippen LogP contribution < -0.4 is 10.6 Å². The Labute approximate surface area is 129 Å². The van der Waals surface area contributed by atoms with E-state index in [-0.39, 0.29) is 18.3 Å². The van der Waals surface area contributed by atoms with Crippen LogP contribution in [-0.2, 0) is 11.2 Å². The largest absolute Gasteiger partial charge is 0.326 e. The molecule has 1 aliphatic rings. The van der Waals surface area contributed by atoms with E-state index < -0.39 is 0 Å². The monoisotopic (exact) mass is 346 g/mol. The van der Waals surface area contributed by atoms with Crippen molar-refractivity contribution in [3.8, 4) is 0 Å². The highest BCUT2D eigenvalue weighted by Gasteiger charge is 2.18. The lowest BCUT2D eigenvalue weighted by Crippen LogP contribution is -2.27. The fourth-order valence-corrected chi connectivity index (χ4v) is 2.74. The number of amides is 1. The first-order valence-electron chi connectivity index (χ1n) is 6.50. The lowest BCUT2D eigenvalue weighted by molar-refractivity contribution is -0.116. The quantitative estimate of drug-likeness (QED) is 0.875. The van der Waals surface area contributed by atoms with E-state index in [1.807, 2.05) is 12.1 Å². The van der Waals surface area contributed by atoms with Crippen LogP contribution in [0.3, 0.4) is 0 Å². The first kappa shape index (κ1) is 16.5. The smallest absolute Gasteiger partial charge is 0.225 e. The molecule has 0 spiro atoms. The molecule has 1 amide bonds. The molecule has 1 saturated heterocycles. The summed E-state index contributed by atoms with van der Waals surface area (Å²) in [5.41, 5.74) is 2.10. The summed E-state index contributed by atoms with van der Waals surface area (Å²) in [5.74, 6) is 0.103. The minimum atomic E-state index is 0. The zero-order chi connectivity index (χ0) is 13.0. The average Bonchev–Trinajstić information content (AvgIpc) is 2.84. The number of anilines is 1. The van der Waals surface area contributed by atoms with Crippen LogP contribution in [0.15, 0.2) is 22.7 Å². The zero-order valence-electron chi connectivity index (χ0n) is 11.0. The highest BCUT2D eigenvalue weighted by molar-refractivity contribution is 9.10. The Morgan fingerprint density at radius 1 is 1.53 bits per heavy atom. The maximum absolute atomic E-state index is 12.0. The average molecular weight is 348 g/mol. The van der Waals surface area contributed by atoms with Crippen molar-refractivity contribution < 1.29 is 4.79 Å². The minimum Gasteiger partial charge on any atom is -0.326 e. The van der Waals surface area contributed by atoms with Crippen LogP contribution in [0.25, 0.3) is 0 Å². The van der Waals surface area contributed by atoms with Gasteiger partial charge in [0.15, 0.2) is 0 Å². The predicted octanol–water partition coefficient (Wildman–Crippen LogP) is 3.51. The molecule has 1 aromatic rings. The molecule has 1 atom stereocenters. The van der Waals surface area contributed by atoms with Gasteiger partial charge in [0.05, 0.1) is 0 Å². The van der Waals surface area contributed by atoms with Gasteiger partial charge in [-0.15, -0.1) is 12.4 Å². The third-order valence-corrected chi connectivity index (χ3v) is 3.81. The third kappa shape index (κ3) is 4.79. The van der Waals surface area contributed by atoms with E-state index in [1.54, 1.807) is 0 Å². The van der Waals surface area contributed by atoms with Gasteiger partial charge in [0.1, 0.15) is 0 Å². The van der Waals surface area contributed by atoms with Gasteiger partial charge in [-0.2, -0.15) is 0 Å². The standard InChI is InChI=1S/C14H19BrN2O.ClH/c1-2-10-8-11(15)5-6-13(10)17-14(18)9-12-4-3-7-16-12;/h5-6,8,12,16H,2-4,7,9H2,1H3,(H,17,18);1H. The van der Waals surface area contributed by atoms with Crippen molar-refractivity contribution in [1.29, 1.82) is 0 Å². The summed E-state index contributed by atoms with van der Waals surface area (Å²) >= 11 is 3.45. The van der Waals surface area contributed by atoms with Gasteiger partial charge in [-0.3, -0.25) is 4.79 Å². The maximum atomic E-state index is 12.0. The molecule has 1 unspecified atom stereocenters. The van der Waals surface area contributed by atoms with Crippen LogP contribution in [0.2, 0.25) is 0 Å². The second kappa shape index (κ2) is 7.88. The summed E-state index contributed by atoms with van der Waals surface area (Å²) < 4.78 is 1.05. The molecule has 1 aromatic carbocycles. The highest BCUT2D eigenvalue weighted by atomic mass is 79.9. The number of hydrogen-bond donors (Lipinski definition) is 2. The number of halogens is 2. The van der Waals surface area contributed by atoms with Gasteiger partial charge in [-0.25, -0.2) is 0 Å². The van der Waals surface area contributed by atoms with Gasteiger partial charge in [0.2, 0.25) is 5.91 Å². The first-order valence-corrected chi connectivity index (χ1v) is 7.30. The fraction of sp³-hybridized carbons (Fsp3) is 0.500. The van der Waals surface area contributed by atoms with E-state index in [0.29, 0.717) is 12.5 Å². The molecule has 0 saturated carbocycles. The molecular weight excluding hydrogens is 328 g/mol. The van der Waals surface area contributed by atoms with Crippen molar-refractivity contribution in [3.63, 3.8) is 0 Å². The molecular formula is C14H20BrClN2O. The molecule has 2 rings (SSSR count). The van der Waals surface area contributed by atoms with Crippen LogP contribution in [-0.4, -0.2) is 18.5 Å². The molecule has 3 nitrogen and oxygen atoms in total. The van der Waals surface area contributed by atoms with Gasteiger partial charge in [-0.1, -0.05) is 22.9 Å². The number of rotatable bonds is 4. The van der Waals surface area contributed by atoms with Gasteiger partial charge in [-0.05, 0) is 49.6 Å². The summed E-state index contributed by atoms with van der Waals surface area (Å²) in [5, 5.41) is 6.36. The van der Waals surface area contributed by atoms with E-state index in [4.69, 9.17) is 0 Å². The van der Waals surface area contributed by atoms with E-state index in [1.165, 1.54) is 6.42 Å². The number of carbonyl (C=O) groups is 1. The molecule has 19 heavy (non-hydrogen) atoms. The van der Waals surface area contributed by atoms with E-state index in [9.17, 15) is 4.79 Å². The molecule has 0 aromatic heterocycles. The van der Waals surface area contributed by atoms with Crippen molar-refractivity contribution in [2.45, 2.75) is 38.6 Å². The maximum Gasteiger partial charge on any atom is 0.225 e. The van der Waals surface area contributed by atoms with Crippen molar-refractivity contribution in [3.05, 3.63) is 28.2 Å². The second-order valence-corrected chi connectivity index (χ2v) is 5.62. The Bertz CT molecular complexity index is 433. The molecule has 2 N–H and O–H groups in total. The topological polar surface area (TPSA) is 41.1 Å². The summed E-state index contributed by atoms with van der Waals surface area (Å²) in [7, 11) is 0. The van der Waals surface area contributed by atoms with Gasteiger partial charge in [0, 0.05) is 22.6 Å². The Balaban J connectivity index is 0.00000180. The zero-order valence-corrected chi connectivity index (χ0v) is 13.4. The van der Waals surface area contributed by atoms with Gasteiger partial charge in [0.25, 0.3) is 0 Å². The lowest BCUT2D eigenvalue weighted by Gasteiger charge is -2.13. The van der Waals surface area contributed by atoms with Crippen molar-refractivity contribution in [2.75, 3.05) is 11.9 Å². The molecule has 1 aliphatic heterocycles. The molecule has 0 bridgehead atoms. The summed E-state index contributed by atoms with van der Waals surface area (Å²) in [6.45, 7) is 3.13. The van der Waals surface area contributed by atoms with Crippen LogP contribution in [0.4, 0.5) is 5.69 Å². The molecule has 5 heteroatoms. The third-order valence-electron chi connectivity index (χ3n) is 3.32. The highest BCUT2D eigenvalue weighted by Crippen LogP contribution is 2.22. The molecule has 0 aliphatic carbocycles. The Morgan fingerprint density at radius 3 is 2.95 bits per heavy atom. The fourth-order valence-electron chi connectivity index (χ4n) is 2.33. The number of carbonyl (C=O) groups excluding carboxylic acids is 1. The predicted molar refractivity (Wildman–Crippen MR) is 85.0 cm³/mol. The van der Waals surface area contributed by atoms with Crippen molar-refractivity contribution in [1.82, 2.24) is 5.32 Å². The molecule has 1 fully saturated rings. The Hall–Kier alpha value is -0.580. The van der Waals surface area contributed by atoms with Gasteiger partial charge < -0.3 is 10.6 Å². The van der Waals surface area contributed by atoms with Crippen LogP contribution >= 0.6 is 28.3 Å². The molecule has 106 valence electrons. The van der Waals surface area contributed by atoms with Gasteiger partial charge >= 0.3 is 0 Å². The van der Waals surface area contributed by atoms with Crippen LogP contribution in [0, 0.1) is 0 Å². The molecule has 1 heterocycles. The normalized spacial score (nSPS) is 17.9. The summed E-state index contributed by atoms with van der Waals surface area (Å²) in [6.07, 6.45) is 3.76. The van der Waals surface area contributed by atoms with E-state index >= 15 is 0 Å². The SMILES string of the molecule is CCc1cc(Br)ccc1NC(=O)CC1CCCN1.Cl. The number of benzene rings is 1. The Kier molecular flexibility index (Phi) is 6.83. The Morgan fingerprint density at radius 2 is 2.32 bits per heavy atom. The summed E-state index contributed by atoms with van der Waals surface area (Å²) in [6, 6.07) is 6.33. The summed E-state index contributed by atoms with van der Waals surface area (Å²) in [4.78, 5) is 12.0. The van der Waals surface area contributed by atoms with E-state index in [2.05, 4.69) is 39.6 Å². The van der Waals surface area contributed by atoms with Crippen LogP contribution in [0.1, 0.15) is 31.7 Å². The minimum absolute atomic E-state index is 0.